The molecule has 0 bridgehead atoms. The molecule has 4 heteroatoms. The van der Waals surface area contributed by atoms with Crippen LogP contribution in [0.25, 0.3) is 10.8 Å². The molecule has 4 nitrogen and oxygen atoms in total. The van der Waals surface area contributed by atoms with Crippen molar-refractivity contribution >= 4 is 33.7 Å². The Bertz CT molecular complexity index is 1150. The van der Waals surface area contributed by atoms with Crippen LogP contribution in [0.15, 0.2) is 97.1 Å². The Hall–Kier alpha value is -3.79. The van der Waals surface area contributed by atoms with Crippen molar-refractivity contribution in [1.29, 1.82) is 0 Å². The predicted octanol–water partition coefficient (Wildman–Crippen LogP) is 5.44. The minimum atomic E-state index is 0.0861. The van der Waals surface area contributed by atoms with E-state index in [4.69, 9.17) is 5.73 Å². The molecule has 0 atom stereocenters. The summed E-state index contributed by atoms with van der Waals surface area (Å²) < 4.78 is 0. The number of carbonyl (C=O) groups is 1. The van der Waals surface area contributed by atoms with Crippen LogP contribution < -0.4 is 15.5 Å². The first kappa shape index (κ1) is 19.5. The minimum absolute atomic E-state index is 0.0861. The molecule has 1 aliphatic rings. The van der Waals surface area contributed by atoms with E-state index < -0.39 is 0 Å². The number of carbonyl (C=O) groups excluding carboxylic acids is 1. The minimum Gasteiger partial charge on any atom is -0.398 e. The van der Waals surface area contributed by atoms with Crippen molar-refractivity contribution in [1.82, 2.24) is 0 Å². The lowest BCUT2D eigenvalue weighted by Gasteiger charge is -2.19. The zero-order chi connectivity index (χ0) is 20.9. The van der Waals surface area contributed by atoms with Gasteiger partial charge in [-0.25, -0.2) is 0 Å². The van der Waals surface area contributed by atoms with Gasteiger partial charge in [-0.3, -0.25) is 9.69 Å². The first-order valence-corrected chi connectivity index (χ1v) is 10.0. The van der Waals surface area contributed by atoms with Gasteiger partial charge in [0.1, 0.15) is 0 Å². The van der Waals surface area contributed by atoms with E-state index in [9.17, 15) is 4.79 Å². The first-order valence-electron chi connectivity index (χ1n) is 10.0. The average molecular weight is 396 g/mol. The molecule has 5 rings (SSSR count). The largest absolute Gasteiger partial charge is 0.398 e. The van der Waals surface area contributed by atoms with Gasteiger partial charge in [-0.1, -0.05) is 78.9 Å². The topological polar surface area (TPSA) is 49.6 Å². The van der Waals surface area contributed by atoms with E-state index >= 15 is 0 Å². The summed E-state index contributed by atoms with van der Waals surface area (Å²) in [4.78, 5) is 15.8. The van der Waals surface area contributed by atoms with E-state index in [2.05, 4.69) is 35.2 Å². The summed E-state index contributed by atoms with van der Waals surface area (Å²) >= 11 is 0. The lowest BCUT2D eigenvalue weighted by atomic mass is 10.1. The van der Waals surface area contributed by atoms with E-state index in [0.717, 1.165) is 29.0 Å². The number of hydrogen-bond acceptors (Lipinski definition) is 3. The third-order valence-corrected chi connectivity index (χ3v) is 5.25. The van der Waals surface area contributed by atoms with Crippen molar-refractivity contribution < 1.29 is 4.79 Å². The second-order valence-corrected chi connectivity index (χ2v) is 7.33. The zero-order valence-corrected chi connectivity index (χ0v) is 17.0. The fourth-order valence-electron chi connectivity index (χ4n) is 3.74. The van der Waals surface area contributed by atoms with E-state index in [-0.39, 0.29) is 5.91 Å². The van der Waals surface area contributed by atoms with Gasteiger partial charge in [0, 0.05) is 24.5 Å². The molecular weight excluding hydrogens is 370 g/mol. The fraction of sp³-hybridized carbons (Fsp3) is 0.115. The number of para-hydroxylation sites is 2. The van der Waals surface area contributed by atoms with Crippen LogP contribution in [-0.2, 0) is 11.3 Å². The smallest absolute Gasteiger partial charge is 0.225 e. The Morgan fingerprint density at radius 2 is 1.43 bits per heavy atom. The molecule has 1 amide bonds. The maximum Gasteiger partial charge on any atom is 0.225 e. The van der Waals surface area contributed by atoms with Crippen LogP contribution in [0.1, 0.15) is 12.5 Å². The maximum absolute atomic E-state index is 11.7. The number of nitrogens with zero attached hydrogens (tertiary/aromatic N) is 2. The number of fused-ring (bicyclic) bond motifs is 2. The van der Waals surface area contributed by atoms with Gasteiger partial charge in [0.25, 0.3) is 0 Å². The molecule has 0 aromatic heterocycles. The lowest BCUT2D eigenvalue weighted by Crippen LogP contribution is -2.33. The normalized spacial score (nSPS) is 12.3. The zero-order valence-electron chi connectivity index (χ0n) is 17.0. The van der Waals surface area contributed by atoms with Gasteiger partial charge in [0.2, 0.25) is 5.91 Å². The summed E-state index contributed by atoms with van der Waals surface area (Å²) in [6.45, 7) is 3.06. The van der Waals surface area contributed by atoms with Gasteiger partial charge in [-0.15, -0.1) is 0 Å². The van der Waals surface area contributed by atoms with Crippen LogP contribution >= 0.6 is 0 Å². The van der Waals surface area contributed by atoms with E-state index in [0.29, 0.717) is 6.67 Å². The number of rotatable bonds is 2. The van der Waals surface area contributed by atoms with E-state index in [1.165, 1.54) is 10.9 Å². The predicted molar refractivity (Wildman–Crippen MR) is 125 cm³/mol. The summed E-state index contributed by atoms with van der Waals surface area (Å²) in [6, 6.07) is 32.4. The summed E-state index contributed by atoms with van der Waals surface area (Å²) in [5.41, 5.74) is 9.99. The molecular formula is C26H25N3O. The second kappa shape index (κ2) is 8.70. The Morgan fingerprint density at radius 1 is 0.800 bits per heavy atom. The van der Waals surface area contributed by atoms with Gasteiger partial charge in [0.05, 0.1) is 18.0 Å². The Labute approximate surface area is 177 Å². The molecule has 2 N–H and O–H groups in total. The standard InChI is InChI=1S/C16H16N2O.C10H9N/c1-13(19)18-12-17(11-14-7-3-2-4-8-14)15-9-5-6-10-16(15)18;11-10-7-3-5-8-4-1-2-6-9(8)10/h2-10H,11-12H2,1H3;1-7H,11H2. The monoisotopic (exact) mass is 395 g/mol. The van der Waals surface area contributed by atoms with Gasteiger partial charge in [-0.05, 0) is 29.1 Å². The number of hydrogen-bond donors (Lipinski definition) is 1. The van der Waals surface area contributed by atoms with Crippen molar-refractivity contribution in [3.05, 3.63) is 103 Å². The summed E-state index contributed by atoms with van der Waals surface area (Å²) in [7, 11) is 0. The molecule has 4 aromatic carbocycles. The molecule has 0 saturated carbocycles. The summed E-state index contributed by atoms with van der Waals surface area (Å²) in [5.74, 6) is 0.0861. The van der Waals surface area contributed by atoms with Crippen LogP contribution in [0.2, 0.25) is 0 Å². The van der Waals surface area contributed by atoms with E-state index in [1.807, 2.05) is 71.6 Å². The quantitative estimate of drug-likeness (QED) is 0.460. The van der Waals surface area contributed by atoms with Gasteiger partial charge in [0.15, 0.2) is 0 Å². The SMILES string of the molecule is CC(=O)N1CN(Cc2ccccc2)c2ccccc21.Nc1cccc2ccccc12. The molecule has 1 aliphatic heterocycles. The number of nitrogens with two attached hydrogens (primary N) is 1. The number of amides is 1. The van der Waals surface area contributed by atoms with Crippen LogP contribution in [0.5, 0.6) is 0 Å². The molecule has 0 saturated heterocycles. The molecule has 4 aromatic rings. The van der Waals surface area contributed by atoms with Gasteiger partial charge in [-0.2, -0.15) is 0 Å². The molecule has 0 fully saturated rings. The molecule has 0 unspecified atom stereocenters. The van der Waals surface area contributed by atoms with Crippen LogP contribution in [0.3, 0.4) is 0 Å². The van der Waals surface area contributed by atoms with Crippen LogP contribution in [0, 0.1) is 0 Å². The number of nitrogen functional groups attached to an aromatic ring is 1. The average Bonchev–Trinajstić information content (AvgIpc) is 3.14. The highest BCUT2D eigenvalue weighted by Gasteiger charge is 2.27. The van der Waals surface area contributed by atoms with Crippen molar-refractivity contribution in [3.8, 4) is 0 Å². The maximum atomic E-state index is 11.7. The molecule has 0 aliphatic carbocycles. The molecule has 0 radical (unpaired) electrons. The lowest BCUT2D eigenvalue weighted by molar-refractivity contribution is -0.116. The summed E-state index contributed by atoms with van der Waals surface area (Å²) in [5, 5.41) is 2.34. The molecule has 150 valence electrons. The van der Waals surface area contributed by atoms with Crippen LogP contribution in [-0.4, -0.2) is 12.6 Å². The number of benzene rings is 4. The Kier molecular flexibility index (Phi) is 5.66. The molecule has 0 spiro atoms. The van der Waals surface area contributed by atoms with Crippen molar-refractivity contribution in [2.75, 3.05) is 22.2 Å². The van der Waals surface area contributed by atoms with Gasteiger partial charge >= 0.3 is 0 Å². The van der Waals surface area contributed by atoms with Crippen molar-refractivity contribution in [2.24, 2.45) is 0 Å². The highest BCUT2D eigenvalue weighted by molar-refractivity contribution is 5.98. The third-order valence-electron chi connectivity index (χ3n) is 5.25. The second-order valence-electron chi connectivity index (χ2n) is 7.33. The number of anilines is 3. The van der Waals surface area contributed by atoms with E-state index in [1.54, 1.807) is 6.92 Å². The fourth-order valence-corrected chi connectivity index (χ4v) is 3.74. The Morgan fingerprint density at radius 3 is 2.17 bits per heavy atom. The molecule has 30 heavy (non-hydrogen) atoms. The van der Waals surface area contributed by atoms with Crippen molar-refractivity contribution in [2.45, 2.75) is 13.5 Å². The first-order chi connectivity index (χ1) is 14.6. The Balaban J connectivity index is 0.000000168. The third kappa shape index (κ3) is 4.13. The van der Waals surface area contributed by atoms with Crippen molar-refractivity contribution in [3.63, 3.8) is 0 Å². The summed E-state index contributed by atoms with van der Waals surface area (Å²) in [6.07, 6.45) is 0. The van der Waals surface area contributed by atoms with Gasteiger partial charge < -0.3 is 10.6 Å². The highest BCUT2D eigenvalue weighted by Crippen LogP contribution is 2.36. The highest BCUT2D eigenvalue weighted by atomic mass is 16.2. The van der Waals surface area contributed by atoms with Crippen LogP contribution in [0.4, 0.5) is 17.1 Å². The molecule has 1 heterocycles.